The number of ether oxygens (including phenoxy) is 1. The van der Waals surface area contributed by atoms with E-state index in [0.717, 1.165) is 109 Å². The summed E-state index contributed by atoms with van der Waals surface area (Å²) in [5, 5.41) is 23.8. The molecular formula is C57H101NO5. The average molecular weight is 880 g/mol. The fourth-order valence-electron chi connectivity index (χ4n) is 7.76. The van der Waals surface area contributed by atoms with E-state index in [4.69, 9.17) is 4.74 Å². The van der Waals surface area contributed by atoms with Crippen LogP contribution in [0.3, 0.4) is 0 Å². The van der Waals surface area contributed by atoms with Gasteiger partial charge in [-0.05, 0) is 89.9 Å². The summed E-state index contributed by atoms with van der Waals surface area (Å²) < 4.78 is 5.92. The van der Waals surface area contributed by atoms with Crippen molar-refractivity contribution in [3.05, 3.63) is 72.9 Å². The first kappa shape index (κ1) is 60.3. The lowest BCUT2D eigenvalue weighted by molar-refractivity contribution is -0.151. The molecule has 3 unspecified atom stereocenters. The van der Waals surface area contributed by atoms with Crippen molar-refractivity contribution in [3.63, 3.8) is 0 Å². The first-order valence-corrected chi connectivity index (χ1v) is 26.7. The normalized spacial score (nSPS) is 13.8. The second-order valence-corrected chi connectivity index (χ2v) is 17.9. The van der Waals surface area contributed by atoms with Crippen molar-refractivity contribution in [3.8, 4) is 0 Å². The molecule has 3 N–H and O–H groups in total. The van der Waals surface area contributed by atoms with Crippen molar-refractivity contribution < 1.29 is 24.5 Å². The van der Waals surface area contributed by atoms with E-state index < -0.39 is 18.2 Å². The quantitative estimate of drug-likeness (QED) is 0.0245. The van der Waals surface area contributed by atoms with Crippen LogP contribution in [0.15, 0.2) is 72.9 Å². The average Bonchev–Trinajstić information content (AvgIpc) is 3.28. The zero-order chi connectivity index (χ0) is 45.9. The summed E-state index contributed by atoms with van der Waals surface area (Å²) in [5.74, 6) is -0.531. The van der Waals surface area contributed by atoms with Gasteiger partial charge in [-0.1, -0.05) is 222 Å². The van der Waals surface area contributed by atoms with Gasteiger partial charge >= 0.3 is 5.97 Å². The van der Waals surface area contributed by atoms with Crippen molar-refractivity contribution in [2.75, 3.05) is 6.61 Å². The highest BCUT2D eigenvalue weighted by Crippen LogP contribution is 2.17. The maximum Gasteiger partial charge on any atom is 0.306 e. The van der Waals surface area contributed by atoms with Gasteiger partial charge in [0.05, 0.1) is 25.2 Å². The summed E-state index contributed by atoms with van der Waals surface area (Å²) in [6.07, 6.45) is 63.9. The van der Waals surface area contributed by atoms with E-state index in [-0.39, 0.29) is 24.9 Å². The molecule has 0 bridgehead atoms. The molecule has 0 aromatic heterocycles. The summed E-state index contributed by atoms with van der Waals surface area (Å²) in [5.41, 5.74) is 0. The Morgan fingerprint density at radius 2 is 0.905 bits per heavy atom. The van der Waals surface area contributed by atoms with E-state index in [2.05, 4.69) is 99.0 Å². The summed E-state index contributed by atoms with van der Waals surface area (Å²) in [6, 6.07) is -0.718. The van der Waals surface area contributed by atoms with Gasteiger partial charge in [-0.2, -0.15) is 0 Å². The standard InChI is InChI=1S/C57H101NO5/c1-4-7-10-13-16-19-22-25-27-29-32-35-38-41-44-47-50-57(62)63-53(48-45-42-39-36-33-30-24-21-18-15-12-9-6-3)51-56(61)58-54(52-59)55(60)49-46-43-40-37-34-31-28-26-23-20-17-14-11-8-5-2/h7,10,16,18-19,21,24-25,27,30,32,35,53-55,59-60H,4-6,8-9,11-15,17,20,22-23,26,28-29,31,33-34,36-52H2,1-3H3,(H,58,61)/b10-7+,19-16+,21-18+,27-25+,30-24+,35-32+. The van der Waals surface area contributed by atoms with Crippen molar-refractivity contribution in [2.45, 2.75) is 270 Å². The number of hydrogen-bond acceptors (Lipinski definition) is 5. The number of carbonyl (C=O) groups is 2. The third-order valence-electron chi connectivity index (χ3n) is 11.8. The Bertz CT molecular complexity index is 1170. The van der Waals surface area contributed by atoms with E-state index in [9.17, 15) is 19.8 Å². The molecule has 0 aromatic rings. The third-order valence-corrected chi connectivity index (χ3v) is 11.8. The molecule has 364 valence electrons. The highest BCUT2D eigenvalue weighted by molar-refractivity contribution is 5.77. The number of hydrogen-bond donors (Lipinski definition) is 3. The Labute approximate surface area is 390 Å². The summed E-state index contributed by atoms with van der Waals surface area (Å²) in [4.78, 5) is 26.2. The zero-order valence-electron chi connectivity index (χ0n) is 41.4. The number of allylic oxidation sites excluding steroid dienone is 12. The maximum absolute atomic E-state index is 13.2. The molecule has 63 heavy (non-hydrogen) atoms. The number of carbonyl (C=O) groups excluding carboxylic acids is 2. The summed E-state index contributed by atoms with van der Waals surface area (Å²) >= 11 is 0. The van der Waals surface area contributed by atoms with Gasteiger partial charge in [0.1, 0.15) is 6.10 Å². The van der Waals surface area contributed by atoms with Gasteiger partial charge in [0, 0.05) is 6.42 Å². The molecule has 0 heterocycles. The van der Waals surface area contributed by atoms with Crippen LogP contribution >= 0.6 is 0 Å². The third kappa shape index (κ3) is 45.7. The van der Waals surface area contributed by atoms with E-state index in [1.165, 1.54) is 96.3 Å². The van der Waals surface area contributed by atoms with Gasteiger partial charge < -0.3 is 20.3 Å². The van der Waals surface area contributed by atoms with E-state index in [0.29, 0.717) is 19.3 Å². The van der Waals surface area contributed by atoms with Crippen LogP contribution in [-0.2, 0) is 14.3 Å². The maximum atomic E-state index is 13.2. The van der Waals surface area contributed by atoms with E-state index >= 15 is 0 Å². The second-order valence-electron chi connectivity index (χ2n) is 17.9. The summed E-state index contributed by atoms with van der Waals surface area (Å²) in [7, 11) is 0. The number of amides is 1. The Hall–Kier alpha value is -2.70. The zero-order valence-corrected chi connectivity index (χ0v) is 41.4. The molecule has 0 aromatic carbocycles. The lowest BCUT2D eigenvalue weighted by Gasteiger charge is -2.24. The molecule has 0 radical (unpaired) electrons. The number of rotatable bonds is 47. The van der Waals surface area contributed by atoms with Crippen molar-refractivity contribution in [2.24, 2.45) is 0 Å². The molecule has 0 saturated carbocycles. The van der Waals surface area contributed by atoms with Crippen LogP contribution in [0.5, 0.6) is 0 Å². The highest BCUT2D eigenvalue weighted by Gasteiger charge is 2.24. The molecule has 0 saturated heterocycles. The summed E-state index contributed by atoms with van der Waals surface area (Å²) in [6.45, 7) is 6.33. The Morgan fingerprint density at radius 1 is 0.492 bits per heavy atom. The minimum Gasteiger partial charge on any atom is -0.462 e. The Morgan fingerprint density at radius 3 is 1.43 bits per heavy atom. The molecule has 1 amide bonds. The largest absolute Gasteiger partial charge is 0.462 e. The first-order chi connectivity index (χ1) is 31.0. The second kappa shape index (κ2) is 50.3. The molecule has 0 spiro atoms. The SMILES string of the molecule is CC/C=C/C/C=C/C/C=C/C/C=C/CCCCCC(=O)OC(CCCCCC/C=C/C=C/CCCCC)CC(=O)NC(CO)C(O)CCCCCCCCCCCCCCCCC. The fraction of sp³-hybridized carbons (Fsp3) is 0.754. The van der Waals surface area contributed by atoms with E-state index in [1.807, 2.05) is 0 Å². The molecule has 0 aliphatic rings. The number of aliphatic hydroxyl groups excluding tert-OH is 2. The van der Waals surface area contributed by atoms with Gasteiger partial charge in [0.15, 0.2) is 0 Å². The molecule has 6 nitrogen and oxygen atoms in total. The van der Waals surface area contributed by atoms with Gasteiger partial charge in [-0.3, -0.25) is 9.59 Å². The molecule has 0 aliphatic heterocycles. The Kier molecular flexibility index (Phi) is 48.1. The monoisotopic (exact) mass is 880 g/mol. The predicted molar refractivity (Wildman–Crippen MR) is 273 cm³/mol. The van der Waals surface area contributed by atoms with Crippen LogP contribution in [0.25, 0.3) is 0 Å². The van der Waals surface area contributed by atoms with Crippen LogP contribution in [0.4, 0.5) is 0 Å². The number of nitrogens with one attached hydrogen (secondary N) is 1. The molecule has 0 aliphatic carbocycles. The van der Waals surface area contributed by atoms with Gasteiger partial charge in [0.2, 0.25) is 5.91 Å². The Balaban J connectivity index is 4.63. The van der Waals surface area contributed by atoms with Crippen LogP contribution in [-0.4, -0.2) is 46.9 Å². The van der Waals surface area contributed by atoms with Crippen molar-refractivity contribution >= 4 is 11.9 Å². The predicted octanol–water partition coefficient (Wildman–Crippen LogP) is 16.2. The van der Waals surface area contributed by atoms with Crippen LogP contribution in [0.2, 0.25) is 0 Å². The number of esters is 1. The molecule has 0 fully saturated rings. The van der Waals surface area contributed by atoms with Crippen LogP contribution < -0.4 is 5.32 Å². The smallest absolute Gasteiger partial charge is 0.306 e. The van der Waals surface area contributed by atoms with Crippen LogP contribution in [0, 0.1) is 0 Å². The number of unbranched alkanes of at least 4 members (excludes halogenated alkanes) is 24. The van der Waals surface area contributed by atoms with Gasteiger partial charge in [-0.25, -0.2) is 0 Å². The van der Waals surface area contributed by atoms with Crippen molar-refractivity contribution in [1.29, 1.82) is 0 Å². The van der Waals surface area contributed by atoms with Crippen LogP contribution in [0.1, 0.15) is 252 Å². The highest BCUT2D eigenvalue weighted by atomic mass is 16.5. The lowest BCUT2D eigenvalue weighted by atomic mass is 10.0. The van der Waals surface area contributed by atoms with E-state index in [1.54, 1.807) is 0 Å². The fourth-order valence-corrected chi connectivity index (χ4v) is 7.76. The number of aliphatic hydroxyl groups is 2. The lowest BCUT2D eigenvalue weighted by Crippen LogP contribution is -2.46. The molecule has 6 heteroatoms. The topological polar surface area (TPSA) is 95.9 Å². The molecule has 3 atom stereocenters. The van der Waals surface area contributed by atoms with Gasteiger partial charge in [0.25, 0.3) is 0 Å². The minimum atomic E-state index is -0.802. The molecule has 0 rings (SSSR count). The minimum absolute atomic E-state index is 0.0487. The molecular weight excluding hydrogens is 779 g/mol. The van der Waals surface area contributed by atoms with Gasteiger partial charge in [-0.15, -0.1) is 0 Å². The first-order valence-electron chi connectivity index (χ1n) is 26.7. The van der Waals surface area contributed by atoms with Crippen molar-refractivity contribution in [1.82, 2.24) is 5.32 Å².